The largest absolute Gasteiger partial charge is 0.495 e. The third-order valence-corrected chi connectivity index (χ3v) is 2.85. The first-order valence-corrected chi connectivity index (χ1v) is 6.49. The molecule has 5 nitrogen and oxygen atoms in total. The van der Waals surface area contributed by atoms with Gasteiger partial charge in [0.2, 0.25) is 5.91 Å². The fraction of sp³-hybridized carbons (Fsp3) is 0.500. The summed E-state index contributed by atoms with van der Waals surface area (Å²) in [6, 6.07) is 7.39. The lowest BCUT2D eigenvalue weighted by atomic mass is 10.2. The third-order valence-electron chi connectivity index (χ3n) is 2.85. The second-order valence-corrected chi connectivity index (χ2v) is 4.44. The zero-order chi connectivity index (χ0) is 14.1. The molecule has 0 saturated carbocycles. The number of methoxy groups -OCH3 is 1. The molecule has 1 amide bonds. The fourth-order valence-electron chi connectivity index (χ4n) is 1.73. The van der Waals surface area contributed by atoms with Crippen LogP contribution in [0.1, 0.15) is 12.8 Å². The minimum atomic E-state index is -0.0101. The molecule has 0 aliphatic heterocycles. The molecule has 1 aromatic rings. The molecule has 19 heavy (non-hydrogen) atoms. The molecule has 0 aromatic heterocycles. The Morgan fingerprint density at radius 3 is 2.79 bits per heavy atom. The molecule has 106 valence electrons. The molecule has 0 fully saturated rings. The molecular formula is C14H23N3O2. The molecule has 1 rings (SSSR count). The van der Waals surface area contributed by atoms with Crippen LogP contribution in [0.2, 0.25) is 0 Å². The summed E-state index contributed by atoms with van der Waals surface area (Å²) in [6.07, 6.45) is 1.41. The lowest BCUT2D eigenvalue weighted by Crippen LogP contribution is -2.26. The Labute approximate surface area is 114 Å². The number of carbonyl (C=O) groups excluding carboxylic acids is 1. The van der Waals surface area contributed by atoms with Crippen LogP contribution in [0.5, 0.6) is 5.75 Å². The number of para-hydroxylation sites is 2. The molecule has 0 aliphatic carbocycles. The summed E-state index contributed by atoms with van der Waals surface area (Å²) in [4.78, 5) is 13.9. The van der Waals surface area contributed by atoms with E-state index in [9.17, 15) is 4.79 Å². The van der Waals surface area contributed by atoms with Crippen LogP contribution < -0.4 is 15.8 Å². The van der Waals surface area contributed by atoms with Crippen molar-refractivity contribution in [3.05, 3.63) is 24.3 Å². The number of nitrogens with one attached hydrogen (secondary N) is 1. The summed E-state index contributed by atoms with van der Waals surface area (Å²) in [6.45, 7) is 2.32. The van der Waals surface area contributed by atoms with Gasteiger partial charge in [0.25, 0.3) is 0 Å². The van der Waals surface area contributed by atoms with Gasteiger partial charge in [-0.2, -0.15) is 0 Å². The average molecular weight is 265 g/mol. The van der Waals surface area contributed by atoms with Crippen molar-refractivity contribution >= 4 is 11.6 Å². The van der Waals surface area contributed by atoms with Crippen LogP contribution in [0.3, 0.4) is 0 Å². The Balaban J connectivity index is 2.38. The van der Waals surface area contributed by atoms with Gasteiger partial charge in [-0.25, -0.2) is 0 Å². The standard InChI is InChI=1S/C14H23N3O2/c1-17(10-5-9-15)11-8-14(18)16-12-6-3-4-7-13(12)19-2/h3-4,6-7H,5,8-11,15H2,1-2H3,(H,16,18). The predicted molar refractivity (Wildman–Crippen MR) is 77.4 cm³/mol. The Bertz CT molecular complexity index is 396. The summed E-state index contributed by atoms with van der Waals surface area (Å²) >= 11 is 0. The molecule has 0 bridgehead atoms. The normalized spacial score (nSPS) is 10.5. The van der Waals surface area contributed by atoms with Gasteiger partial charge < -0.3 is 20.7 Å². The van der Waals surface area contributed by atoms with Gasteiger partial charge in [-0.15, -0.1) is 0 Å². The summed E-state index contributed by atoms with van der Waals surface area (Å²) in [7, 11) is 3.58. The van der Waals surface area contributed by atoms with Crippen LogP contribution >= 0.6 is 0 Å². The molecule has 0 heterocycles. The zero-order valence-electron chi connectivity index (χ0n) is 11.7. The van der Waals surface area contributed by atoms with Crippen LogP contribution in [0.4, 0.5) is 5.69 Å². The van der Waals surface area contributed by atoms with Crippen molar-refractivity contribution in [2.24, 2.45) is 5.73 Å². The first-order chi connectivity index (χ1) is 9.17. The molecular weight excluding hydrogens is 242 g/mol. The van der Waals surface area contributed by atoms with Crippen molar-refractivity contribution in [1.29, 1.82) is 0 Å². The van der Waals surface area contributed by atoms with Crippen molar-refractivity contribution in [2.75, 3.05) is 39.1 Å². The highest BCUT2D eigenvalue weighted by atomic mass is 16.5. The topological polar surface area (TPSA) is 67.6 Å². The van der Waals surface area contributed by atoms with E-state index in [2.05, 4.69) is 10.2 Å². The third kappa shape index (κ3) is 5.72. The van der Waals surface area contributed by atoms with Crippen LogP contribution in [0, 0.1) is 0 Å². The monoisotopic (exact) mass is 265 g/mol. The van der Waals surface area contributed by atoms with Crippen molar-refractivity contribution in [2.45, 2.75) is 12.8 Å². The van der Waals surface area contributed by atoms with Gasteiger partial charge in [-0.05, 0) is 38.7 Å². The average Bonchev–Trinajstić information content (AvgIpc) is 2.43. The van der Waals surface area contributed by atoms with Crippen molar-refractivity contribution < 1.29 is 9.53 Å². The quantitative estimate of drug-likeness (QED) is 0.743. The SMILES string of the molecule is COc1ccccc1NC(=O)CCN(C)CCCN. The van der Waals surface area contributed by atoms with E-state index in [0.717, 1.165) is 19.5 Å². The van der Waals surface area contributed by atoms with Gasteiger partial charge in [-0.3, -0.25) is 4.79 Å². The number of anilines is 1. The molecule has 0 spiro atoms. The second-order valence-electron chi connectivity index (χ2n) is 4.44. The molecule has 5 heteroatoms. The number of benzene rings is 1. The number of nitrogens with two attached hydrogens (primary N) is 1. The van der Waals surface area contributed by atoms with Crippen LogP contribution in [-0.2, 0) is 4.79 Å². The summed E-state index contributed by atoms with van der Waals surface area (Å²) in [5.41, 5.74) is 6.16. The van der Waals surface area contributed by atoms with E-state index >= 15 is 0 Å². The minimum absolute atomic E-state index is 0.0101. The number of carbonyl (C=O) groups is 1. The number of hydrogen-bond donors (Lipinski definition) is 2. The van der Waals surface area contributed by atoms with E-state index in [0.29, 0.717) is 24.4 Å². The summed E-state index contributed by atoms with van der Waals surface area (Å²) in [5, 5.41) is 2.86. The Morgan fingerprint density at radius 1 is 1.37 bits per heavy atom. The second kappa shape index (κ2) is 8.50. The summed E-state index contributed by atoms with van der Waals surface area (Å²) in [5.74, 6) is 0.663. The van der Waals surface area contributed by atoms with Gasteiger partial charge >= 0.3 is 0 Å². The number of hydrogen-bond acceptors (Lipinski definition) is 4. The highest BCUT2D eigenvalue weighted by molar-refractivity contribution is 5.92. The maximum absolute atomic E-state index is 11.8. The molecule has 0 atom stereocenters. The molecule has 0 unspecified atom stereocenters. The van der Waals surface area contributed by atoms with Gasteiger partial charge in [-0.1, -0.05) is 12.1 Å². The minimum Gasteiger partial charge on any atom is -0.495 e. The lowest BCUT2D eigenvalue weighted by molar-refractivity contribution is -0.116. The smallest absolute Gasteiger partial charge is 0.225 e. The number of nitrogens with zero attached hydrogens (tertiary/aromatic N) is 1. The van der Waals surface area contributed by atoms with Crippen molar-refractivity contribution in [3.63, 3.8) is 0 Å². The Morgan fingerprint density at radius 2 is 2.11 bits per heavy atom. The van der Waals surface area contributed by atoms with E-state index in [4.69, 9.17) is 10.5 Å². The number of ether oxygens (including phenoxy) is 1. The molecule has 3 N–H and O–H groups in total. The predicted octanol–water partition coefficient (Wildman–Crippen LogP) is 1.30. The molecule has 0 saturated heterocycles. The number of rotatable bonds is 8. The van der Waals surface area contributed by atoms with Crippen LogP contribution in [-0.4, -0.2) is 44.6 Å². The highest BCUT2D eigenvalue weighted by Crippen LogP contribution is 2.22. The van der Waals surface area contributed by atoms with E-state index in [1.807, 2.05) is 31.3 Å². The van der Waals surface area contributed by atoms with E-state index < -0.39 is 0 Å². The van der Waals surface area contributed by atoms with Gasteiger partial charge in [0, 0.05) is 13.0 Å². The fourth-order valence-corrected chi connectivity index (χ4v) is 1.73. The zero-order valence-corrected chi connectivity index (χ0v) is 11.7. The van der Waals surface area contributed by atoms with Crippen molar-refractivity contribution in [3.8, 4) is 5.75 Å². The van der Waals surface area contributed by atoms with Crippen LogP contribution in [0.25, 0.3) is 0 Å². The molecule has 0 aliphatic rings. The number of amides is 1. The Kier molecular flexibility index (Phi) is 6.92. The maximum Gasteiger partial charge on any atom is 0.225 e. The first-order valence-electron chi connectivity index (χ1n) is 6.49. The van der Waals surface area contributed by atoms with Crippen LogP contribution in [0.15, 0.2) is 24.3 Å². The van der Waals surface area contributed by atoms with E-state index in [1.165, 1.54) is 0 Å². The van der Waals surface area contributed by atoms with E-state index in [1.54, 1.807) is 7.11 Å². The lowest BCUT2D eigenvalue weighted by Gasteiger charge is -2.16. The van der Waals surface area contributed by atoms with Gasteiger partial charge in [0.05, 0.1) is 12.8 Å². The Hall–Kier alpha value is -1.59. The maximum atomic E-state index is 11.8. The highest BCUT2D eigenvalue weighted by Gasteiger charge is 2.07. The van der Waals surface area contributed by atoms with E-state index in [-0.39, 0.29) is 5.91 Å². The molecule has 1 aromatic carbocycles. The summed E-state index contributed by atoms with van der Waals surface area (Å²) < 4.78 is 5.19. The molecule has 0 radical (unpaired) electrons. The van der Waals surface area contributed by atoms with Gasteiger partial charge in [0.15, 0.2) is 0 Å². The van der Waals surface area contributed by atoms with Gasteiger partial charge in [0.1, 0.15) is 5.75 Å². The first kappa shape index (κ1) is 15.5. The van der Waals surface area contributed by atoms with Crippen molar-refractivity contribution in [1.82, 2.24) is 4.90 Å².